The largest absolute Gasteiger partial charge is 0.439 e. The third kappa shape index (κ3) is 4.74. The van der Waals surface area contributed by atoms with Gasteiger partial charge in [-0.3, -0.25) is 4.72 Å². The molecular formula is C23H21F2N5O3S. The smallest absolute Gasteiger partial charge is 0.264 e. The zero-order valence-electron chi connectivity index (χ0n) is 18.8. The maximum absolute atomic E-state index is 13.9. The molecule has 2 aromatic heterocycles. The first kappa shape index (κ1) is 23.3. The van der Waals surface area contributed by atoms with Crippen molar-refractivity contribution in [3.05, 3.63) is 82.9 Å². The van der Waals surface area contributed by atoms with Gasteiger partial charge in [0.15, 0.2) is 5.82 Å². The van der Waals surface area contributed by atoms with Crippen molar-refractivity contribution in [2.75, 3.05) is 4.72 Å². The molecule has 4 rings (SSSR count). The molecule has 8 nitrogen and oxygen atoms in total. The normalized spacial score (nSPS) is 11.5. The Labute approximate surface area is 195 Å². The van der Waals surface area contributed by atoms with E-state index in [9.17, 15) is 17.2 Å². The van der Waals surface area contributed by atoms with Gasteiger partial charge in [-0.05, 0) is 69.7 Å². The van der Waals surface area contributed by atoms with Crippen LogP contribution >= 0.6 is 0 Å². The molecule has 0 saturated heterocycles. The summed E-state index contributed by atoms with van der Waals surface area (Å²) in [6.45, 7) is 7.59. The van der Waals surface area contributed by atoms with Gasteiger partial charge in [0.1, 0.15) is 28.1 Å². The van der Waals surface area contributed by atoms with E-state index in [0.717, 1.165) is 29.1 Å². The lowest BCUT2D eigenvalue weighted by molar-refractivity contribution is 0.459. The molecule has 0 aliphatic heterocycles. The molecule has 0 spiro atoms. The molecule has 0 aliphatic carbocycles. The van der Waals surface area contributed by atoms with E-state index in [1.165, 1.54) is 24.3 Å². The number of hydrogen-bond donors (Lipinski definition) is 1. The van der Waals surface area contributed by atoms with Crippen molar-refractivity contribution < 1.29 is 21.9 Å². The first-order valence-electron chi connectivity index (χ1n) is 10.2. The number of sulfonamides is 1. The van der Waals surface area contributed by atoms with E-state index in [1.54, 1.807) is 17.7 Å². The Kier molecular flexibility index (Phi) is 6.05. The molecule has 176 valence electrons. The SMILES string of the molecule is Cc1nc(Oc2ccc(NS(=O)(=O)c3ccc(F)cc3F)cc2)cc(-n2nc(C)c(C)c2C)n1. The van der Waals surface area contributed by atoms with Crippen molar-refractivity contribution in [2.24, 2.45) is 0 Å². The van der Waals surface area contributed by atoms with Crippen LogP contribution in [0.15, 0.2) is 53.4 Å². The summed E-state index contributed by atoms with van der Waals surface area (Å²) in [4.78, 5) is 8.07. The lowest BCUT2D eigenvalue weighted by Gasteiger charge is -2.11. The van der Waals surface area contributed by atoms with Crippen LogP contribution in [0.4, 0.5) is 14.5 Å². The van der Waals surface area contributed by atoms with Gasteiger partial charge in [0, 0.05) is 23.5 Å². The van der Waals surface area contributed by atoms with Crippen LogP contribution in [0.5, 0.6) is 11.6 Å². The Morgan fingerprint density at radius 1 is 0.941 bits per heavy atom. The number of halogens is 2. The Hall–Kier alpha value is -3.86. The van der Waals surface area contributed by atoms with Crippen molar-refractivity contribution in [1.82, 2.24) is 19.7 Å². The summed E-state index contributed by atoms with van der Waals surface area (Å²) < 4.78 is 61.7. The van der Waals surface area contributed by atoms with Crippen LogP contribution in [-0.4, -0.2) is 28.2 Å². The van der Waals surface area contributed by atoms with Crippen LogP contribution in [0.2, 0.25) is 0 Å². The summed E-state index contributed by atoms with van der Waals surface area (Å²) in [6.07, 6.45) is 0. The molecule has 4 aromatic rings. The number of rotatable bonds is 6. The molecule has 0 radical (unpaired) electrons. The van der Waals surface area contributed by atoms with Crippen molar-refractivity contribution in [2.45, 2.75) is 32.6 Å². The van der Waals surface area contributed by atoms with Gasteiger partial charge >= 0.3 is 0 Å². The number of hydrogen-bond acceptors (Lipinski definition) is 6. The fraction of sp³-hybridized carbons (Fsp3) is 0.174. The molecule has 34 heavy (non-hydrogen) atoms. The number of aromatic nitrogens is 4. The summed E-state index contributed by atoms with van der Waals surface area (Å²) in [6, 6.07) is 9.87. The molecule has 2 aromatic carbocycles. The average molecular weight is 486 g/mol. The van der Waals surface area contributed by atoms with E-state index in [2.05, 4.69) is 19.8 Å². The predicted octanol–water partition coefficient (Wildman–Crippen LogP) is 4.77. The number of anilines is 1. The molecule has 1 N–H and O–H groups in total. The minimum absolute atomic E-state index is 0.175. The first-order chi connectivity index (χ1) is 16.0. The molecule has 0 bridgehead atoms. The fourth-order valence-corrected chi connectivity index (χ4v) is 4.36. The highest BCUT2D eigenvalue weighted by molar-refractivity contribution is 7.92. The van der Waals surface area contributed by atoms with E-state index in [1.807, 2.05) is 20.8 Å². The highest BCUT2D eigenvalue weighted by Gasteiger charge is 2.20. The van der Waals surface area contributed by atoms with Crippen LogP contribution in [0, 0.1) is 39.3 Å². The maximum atomic E-state index is 13.9. The monoisotopic (exact) mass is 485 g/mol. The van der Waals surface area contributed by atoms with E-state index < -0.39 is 26.6 Å². The van der Waals surface area contributed by atoms with E-state index in [-0.39, 0.29) is 11.6 Å². The molecular weight excluding hydrogens is 464 g/mol. The number of benzene rings is 2. The van der Waals surface area contributed by atoms with Crippen molar-refractivity contribution in [3.8, 4) is 17.4 Å². The minimum atomic E-state index is -4.24. The number of aryl methyl sites for hydroxylation is 2. The van der Waals surface area contributed by atoms with Gasteiger partial charge in [-0.2, -0.15) is 10.1 Å². The topological polar surface area (TPSA) is 99.0 Å². The second kappa shape index (κ2) is 8.82. The fourth-order valence-electron chi connectivity index (χ4n) is 3.24. The third-order valence-electron chi connectivity index (χ3n) is 5.18. The third-order valence-corrected chi connectivity index (χ3v) is 6.60. The van der Waals surface area contributed by atoms with Crippen molar-refractivity contribution in [3.63, 3.8) is 0 Å². The molecule has 11 heteroatoms. The van der Waals surface area contributed by atoms with E-state index in [0.29, 0.717) is 23.5 Å². The van der Waals surface area contributed by atoms with Crippen LogP contribution in [-0.2, 0) is 10.0 Å². The second-order valence-electron chi connectivity index (χ2n) is 7.63. The zero-order valence-corrected chi connectivity index (χ0v) is 19.6. The molecule has 2 heterocycles. The summed E-state index contributed by atoms with van der Waals surface area (Å²) >= 11 is 0. The van der Waals surface area contributed by atoms with E-state index in [4.69, 9.17) is 4.74 Å². The zero-order chi connectivity index (χ0) is 24.6. The summed E-state index contributed by atoms with van der Waals surface area (Å²) in [5.41, 5.74) is 3.09. The summed E-state index contributed by atoms with van der Waals surface area (Å²) in [7, 11) is -4.24. The highest BCUT2D eigenvalue weighted by Crippen LogP contribution is 2.26. The quantitative estimate of drug-likeness (QED) is 0.423. The maximum Gasteiger partial charge on any atom is 0.264 e. The van der Waals surface area contributed by atoms with E-state index >= 15 is 0 Å². The molecule has 0 fully saturated rings. The minimum Gasteiger partial charge on any atom is -0.439 e. The summed E-state index contributed by atoms with van der Waals surface area (Å²) in [5.74, 6) is -0.321. The lowest BCUT2D eigenvalue weighted by Crippen LogP contribution is -2.14. The first-order valence-corrected chi connectivity index (χ1v) is 11.7. The molecule has 0 saturated carbocycles. The van der Waals surface area contributed by atoms with Crippen molar-refractivity contribution >= 4 is 15.7 Å². The van der Waals surface area contributed by atoms with Gasteiger partial charge < -0.3 is 4.74 Å². The summed E-state index contributed by atoms with van der Waals surface area (Å²) in [5, 5.41) is 4.51. The average Bonchev–Trinajstić information content (AvgIpc) is 3.01. The molecule has 0 aliphatic rings. The number of nitrogens with zero attached hydrogens (tertiary/aromatic N) is 4. The molecule has 0 unspecified atom stereocenters. The Morgan fingerprint density at radius 2 is 1.65 bits per heavy atom. The lowest BCUT2D eigenvalue weighted by atomic mass is 10.2. The molecule has 0 atom stereocenters. The Bertz CT molecular complexity index is 1490. The van der Waals surface area contributed by atoms with Crippen molar-refractivity contribution in [1.29, 1.82) is 0 Å². The van der Waals surface area contributed by atoms with Gasteiger partial charge in [0.2, 0.25) is 5.88 Å². The highest BCUT2D eigenvalue weighted by atomic mass is 32.2. The Balaban J connectivity index is 1.54. The predicted molar refractivity (Wildman–Crippen MR) is 122 cm³/mol. The number of nitrogens with one attached hydrogen (secondary N) is 1. The van der Waals surface area contributed by atoms with Gasteiger partial charge in [0.25, 0.3) is 10.0 Å². The second-order valence-corrected chi connectivity index (χ2v) is 9.28. The standard InChI is InChI=1S/C23H21F2N5O3S/c1-13-14(2)28-30(15(13)3)22-12-23(27-16(4)26-22)33-19-8-6-18(7-9-19)29-34(31,32)21-10-5-17(24)11-20(21)25/h5-12,29H,1-4H3. The molecule has 0 amide bonds. The van der Waals surface area contributed by atoms with Gasteiger partial charge in [-0.1, -0.05) is 0 Å². The Morgan fingerprint density at radius 3 is 2.26 bits per heavy atom. The van der Waals surface area contributed by atoms with Gasteiger partial charge in [-0.15, -0.1) is 0 Å². The number of ether oxygens (including phenoxy) is 1. The van der Waals surface area contributed by atoms with Crippen LogP contribution in [0.25, 0.3) is 5.82 Å². The van der Waals surface area contributed by atoms with Gasteiger partial charge in [0.05, 0.1) is 5.69 Å². The van der Waals surface area contributed by atoms with Crippen LogP contribution in [0.1, 0.15) is 22.8 Å². The van der Waals surface area contributed by atoms with Gasteiger partial charge in [-0.25, -0.2) is 26.9 Å². The van der Waals surface area contributed by atoms with Crippen LogP contribution in [0.3, 0.4) is 0 Å². The van der Waals surface area contributed by atoms with Crippen LogP contribution < -0.4 is 9.46 Å².